The number of nitrogens with two attached hydrogens (primary N) is 1. The maximum Gasteiger partial charge on any atom is 0.0415 e. The fourth-order valence-corrected chi connectivity index (χ4v) is 3.37. The lowest BCUT2D eigenvalue weighted by Crippen LogP contribution is -2.52. The zero-order chi connectivity index (χ0) is 11.0. The second-order valence-electron chi connectivity index (χ2n) is 5.05. The van der Waals surface area contributed by atoms with E-state index in [0.717, 1.165) is 12.6 Å². The maximum atomic E-state index is 5.93. The second kappa shape index (κ2) is 4.10. The van der Waals surface area contributed by atoms with Crippen molar-refractivity contribution in [2.24, 2.45) is 5.73 Å². The first-order chi connectivity index (χ1) is 7.90. The predicted molar refractivity (Wildman–Crippen MR) is 67.7 cm³/mol. The van der Waals surface area contributed by atoms with Crippen molar-refractivity contribution in [3.63, 3.8) is 0 Å². The lowest BCUT2D eigenvalue weighted by atomic mass is 9.86. The fraction of sp³-hybridized carbons (Fsp3) is 0.571. The highest BCUT2D eigenvalue weighted by atomic mass is 15.2. The van der Waals surface area contributed by atoms with Crippen LogP contribution < -0.4 is 10.6 Å². The van der Waals surface area contributed by atoms with Crippen molar-refractivity contribution in [1.82, 2.24) is 0 Å². The van der Waals surface area contributed by atoms with E-state index in [2.05, 4.69) is 29.2 Å². The highest BCUT2D eigenvalue weighted by Gasteiger charge is 2.33. The average molecular weight is 216 g/mol. The molecule has 0 radical (unpaired) electrons. The molecular formula is C14H20N2. The molecule has 0 aliphatic carbocycles. The Morgan fingerprint density at radius 2 is 2.06 bits per heavy atom. The number of rotatable bonds is 1. The smallest absolute Gasteiger partial charge is 0.0415 e. The Morgan fingerprint density at radius 1 is 1.19 bits per heavy atom. The lowest BCUT2D eigenvalue weighted by molar-refractivity contribution is 0.359. The molecule has 1 aromatic rings. The van der Waals surface area contributed by atoms with Gasteiger partial charge in [0.2, 0.25) is 0 Å². The minimum Gasteiger partial charge on any atom is -0.364 e. The van der Waals surface area contributed by atoms with Gasteiger partial charge in [-0.25, -0.2) is 0 Å². The van der Waals surface area contributed by atoms with Crippen molar-refractivity contribution in [3.05, 3.63) is 29.8 Å². The number of benzene rings is 1. The van der Waals surface area contributed by atoms with Crippen molar-refractivity contribution in [1.29, 1.82) is 0 Å². The van der Waals surface area contributed by atoms with Gasteiger partial charge in [-0.15, -0.1) is 0 Å². The number of piperidine rings is 1. The molecule has 1 saturated heterocycles. The number of hydrogen-bond donors (Lipinski definition) is 1. The van der Waals surface area contributed by atoms with Crippen LogP contribution in [-0.2, 0) is 6.42 Å². The standard InChI is InChI=1S/C14H20N2/c15-10-13-6-3-5-12-9-8-11-4-1-2-7-14(11)16(12)13/h1-2,4,7,12-13H,3,5-6,8-10,15H2. The van der Waals surface area contributed by atoms with E-state index in [1.165, 1.54) is 43.4 Å². The third kappa shape index (κ3) is 1.52. The van der Waals surface area contributed by atoms with Crippen molar-refractivity contribution in [2.75, 3.05) is 11.4 Å². The van der Waals surface area contributed by atoms with E-state index in [1.54, 1.807) is 0 Å². The molecule has 0 spiro atoms. The minimum atomic E-state index is 0.570. The molecule has 2 heteroatoms. The van der Waals surface area contributed by atoms with Crippen LogP contribution in [0.4, 0.5) is 5.69 Å². The van der Waals surface area contributed by atoms with Gasteiger partial charge in [0, 0.05) is 24.3 Å². The quantitative estimate of drug-likeness (QED) is 0.780. The van der Waals surface area contributed by atoms with Gasteiger partial charge >= 0.3 is 0 Å². The number of anilines is 1. The number of nitrogens with zero attached hydrogens (tertiary/aromatic N) is 1. The molecule has 2 N–H and O–H groups in total. The van der Waals surface area contributed by atoms with E-state index < -0.39 is 0 Å². The zero-order valence-corrected chi connectivity index (χ0v) is 9.73. The van der Waals surface area contributed by atoms with Crippen LogP contribution in [0.3, 0.4) is 0 Å². The van der Waals surface area contributed by atoms with Crippen LogP contribution in [0, 0.1) is 0 Å². The summed E-state index contributed by atoms with van der Waals surface area (Å²) in [5.74, 6) is 0. The molecule has 2 aliphatic rings. The van der Waals surface area contributed by atoms with Gasteiger partial charge in [0.15, 0.2) is 0 Å². The molecule has 1 aromatic carbocycles. The molecule has 0 aromatic heterocycles. The van der Waals surface area contributed by atoms with Crippen LogP contribution in [0.2, 0.25) is 0 Å². The lowest BCUT2D eigenvalue weighted by Gasteiger charge is -2.47. The largest absolute Gasteiger partial charge is 0.364 e. The predicted octanol–water partition coefficient (Wildman–Crippen LogP) is 2.32. The Bertz CT molecular complexity index is 375. The highest BCUT2D eigenvalue weighted by Crippen LogP contribution is 2.37. The van der Waals surface area contributed by atoms with Gasteiger partial charge in [-0.2, -0.15) is 0 Å². The molecule has 0 amide bonds. The van der Waals surface area contributed by atoms with E-state index in [4.69, 9.17) is 5.73 Å². The molecule has 2 heterocycles. The molecule has 0 saturated carbocycles. The summed E-state index contributed by atoms with van der Waals surface area (Å²) in [5.41, 5.74) is 8.89. The molecule has 86 valence electrons. The molecule has 2 unspecified atom stereocenters. The summed E-state index contributed by atoms with van der Waals surface area (Å²) in [6, 6.07) is 10.2. The molecule has 2 atom stereocenters. The summed E-state index contributed by atoms with van der Waals surface area (Å²) in [7, 11) is 0. The summed E-state index contributed by atoms with van der Waals surface area (Å²) in [6.07, 6.45) is 6.53. The molecule has 2 aliphatic heterocycles. The van der Waals surface area contributed by atoms with Crippen molar-refractivity contribution in [2.45, 2.75) is 44.2 Å². The molecular weight excluding hydrogens is 196 g/mol. The van der Waals surface area contributed by atoms with E-state index in [9.17, 15) is 0 Å². The first-order valence-electron chi connectivity index (χ1n) is 6.46. The van der Waals surface area contributed by atoms with Crippen molar-refractivity contribution in [3.8, 4) is 0 Å². The maximum absolute atomic E-state index is 5.93. The first-order valence-corrected chi connectivity index (χ1v) is 6.46. The Hall–Kier alpha value is -1.02. The van der Waals surface area contributed by atoms with Gasteiger partial charge in [-0.05, 0) is 43.7 Å². The molecule has 0 bridgehead atoms. The van der Waals surface area contributed by atoms with Gasteiger partial charge in [0.1, 0.15) is 0 Å². The number of hydrogen-bond acceptors (Lipinski definition) is 2. The molecule has 3 rings (SSSR count). The van der Waals surface area contributed by atoms with Gasteiger partial charge in [-0.3, -0.25) is 0 Å². The van der Waals surface area contributed by atoms with Gasteiger partial charge in [0.25, 0.3) is 0 Å². The third-order valence-electron chi connectivity index (χ3n) is 4.15. The number of aryl methyl sites for hydroxylation is 1. The summed E-state index contributed by atoms with van der Waals surface area (Å²) < 4.78 is 0. The normalized spacial score (nSPS) is 28.4. The molecule has 1 fully saturated rings. The van der Waals surface area contributed by atoms with Crippen molar-refractivity contribution < 1.29 is 0 Å². The van der Waals surface area contributed by atoms with Crippen LogP contribution >= 0.6 is 0 Å². The van der Waals surface area contributed by atoms with Gasteiger partial charge in [-0.1, -0.05) is 18.2 Å². The minimum absolute atomic E-state index is 0.570. The topological polar surface area (TPSA) is 29.3 Å². The van der Waals surface area contributed by atoms with Crippen LogP contribution in [0.5, 0.6) is 0 Å². The van der Waals surface area contributed by atoms with E-state index in [1.807, 2.05) is 0 Å². The molecule has 16 heavy (non-hydrogen) atoms. The highest BCUT2D eigenvalue weighted by molar-refractivity contribution is 5.57. The van der Waals surface area contributed by atoms with E-state index in [0.29, 0.717) is 6.04 Å². The summed E-state index contributed by atoms with van der Waals surface area (Å²) in [5, 5.41) is 0. The van der Waals surface area contributed by atoms with Gasteiger partial charge in [0.05, 0.1) is 0 Å². The molecule has 2 nitrogen and oxygen atoms in total. The SMILES string of the molecule is NCC1CCCC2CCc3ccccc3N12. The third-order valence-corrected chi connectivity index (χ3v) is 4.15. The summed E-state index contributed by atoms with van der Waals surface area (Å²) in [4.78, 5) is 2.61. The summed E-state index contributed by atoms with van der Waals surface area (Å²) >= 11 is 0. The second-order valence-corrected chi connectivity index (χ2v) is 5.05. The average Bonchev–Trinajstić information content (AvgIpc) is 2.37. The first kappa shape index (κ1) is 10.2. The van der Waals surface area contributed by atoms with Crippen molar-refractivity contribution >= 4 is 5.69 Å². The zero-order valence-electron chi connectivity index (χ0n) is 9.73. The monoisotopic (exact) mass is 216 g/mol. The Morgan fingerprint density at radius 3 is 2.94 bits per heavy atom. The Balaban J connectivity index is 2.00. The van der Waals surface area contributed by atoms with Crippen LogP contribution in [0.15, 0.2) is 24.3 Å². The van der Waals surface area contributed by atoms with Crippen LogP contribution in [0.25, 0.3) is 0 Å². The fourth-order valence-electron chi connectivity index (χ4n) is 3.37. The van der Waals surface area contributed by atoms with Crippen LogP contribution in [0.1, 0.15) is 31.2 Å². The van der Waals surface area contributed by atoms with Gasteiger partial charge < -0.3 is 10.6 Å². The Kier molecular flexibility index (Phi) is 2.60. The van der Waals surface area contributed by atoms with E-state index in [-0.39, 0.29) is 0 Å². The van der Waals surface area contributed by atoms with Crippen LogP contribution in [-0.4, -0.2) is 18.6 Å². The number of fused-ring (bicyclic) bond motifs is 3. The number of para-hydroxylation sites is 1. The Labute approximate surface area is 97.4 Å². The summed E-state index contributed by atoms with van der Waals surface area (Å²) in [6.45, 7) is 0.796. The van der Waals surface area contributed by atoms with E-state index >= 15 is 0 Å².